The van der Waals surface area contributed by atoms with Crippen molar-refractivity contribution in [3.8, 4) is 6.07 Å². The van der Waals surface area contributed by atoms with Crippen LogP contribution in [0.2, 0.25) is 0 Å². The topological polar surface area (TPSA) is 91.8 Å². The number of hydrogen-bond acceptors (Lipinski definition) is 5. The minimum Gasteiger partial charge on any atom is -0.347 e. The standard InChI is InChI=1S/C12H16N4OS/c13-5-4-11-15-10(7-18-11)12(17)16-9-3-1-2-8(9)6-14/h7-9H,1-5,13H2,(H,16,17). The number of nitriles is 1. The first-order valence-electron chi connectivity index (χ1n) is 6.09. The highest BCUT2D eigenvalue weighted by Crippen LogP contribution is 2.25. The highest BCUT2D eigenvalue weighted by molar-refractivity contribution is 7.09. The lowest BCUT2D eigenvalue weighted by atomic mass is 10.1. The molecule has 0 saturated heterocycles. The third-order valence-electron chi connectivity index (χ3n) is 3.14. The van der Waals surface area contributed by atoms with Gasteiger partial charge >= 0.3 is 0 Å². The molecule has 96 valence electrons. The summed E-state index contributed by atoms with van der Waals surface area (Å²) in [7, 11) is 0. The third-order valence-corrected chi connectivity index (χ3v) is 4.05. The highest BCUT2D eigenvalue weighted by Gasteiger charge is 2.29. The van der Waals surface area contributed by atoms with Crippen molar-refractivity contribution in [1.29, 1.82) is 5.26 Å². The lowest BCUT2D eigenvalue weighted by Gasteiger charge is -2.14. The van der Waals surface area contributed by atoms with Gasteiger partial charge in [0.2, 0.25) is 0 Å². The average molecular weight is 264 g/mol. The fourth-order valence-corrected chi connectivity index (χ4v) is 2.98. The number of carbonyl (C=O) groups excluding carboxylic acids is 1. The third kappa shape index (κ3) is 2.86. The molecular weight excluding hydrogens is 248 g/mol. The summed E-state index contributed by atoms with van der Waals surface area (Å²) in [5.74, 6) is -0.238. The number of nitrogens with one attached hydrogen (secondary N) is 1. The van der Waals surface area contributed by atoms with Gasteiger partial charge in [-0.1, -0.05) is 0 Å². The van der Waals surface area contributed by atoms with E-state index in [2.05, 4.69) is 16.4 Å². The molecule has 1 aliphatic rings. The Hall–Kier alpha value is -1.45. The first-order valence-corrected chi connectivity index (χ1v) is 6.97. The van der Waals surface area contributed by atoms with Crippen molar-refractivity contribution in [2.75, 3.05) is 6.54 Å². The highest BCUT2D eigenvalue weighted by atomic mass is 32.1. The van der Waals surface area contributed by atoms with Gasteiger partial charge in [0.15, 0.2) is 0 Å². The molecule has 1 aliphatic carbocycles. The number of amides is 1. The maximum atomic E-state index is 12.0. The van der Waals surface area contributed by atoms with E-state index in [-0.39, 0.29) is 17.9 Å². The van der Waals surface area contributed by atoms with E-state index in [9.17, 15) is 4.79 Å². The summed E-state index contributed by atoms with van der Waals surface area (Å²) in [5, 5.41) is 14.5. The van der Waals surface area contributed by atoms with Crippen molar-refractivity contribution >= 4 is 17.2 Å². The fourth-order valence-electron chi connectivity index (χ4n) is 2.18. The van der Waals surface area contributed by atoms with E-state index in [4.69, 9.17) is 11.0 Å². The van der Waals surface area contributed by atoms with Crippen LogP contribution in [0.4, 0.5) is 0 Å². The summed E-state index contributed by atoms with van der Waals surface area (Å²) in [4.78, 5) is 16.2. The minimum absolute atomic E-state index is 0.0258. The second-order valence-electron chi connectivity index (χ2n) is 4.41. The van der Waals surface area contributed by atoms with Crippen LogP contribution in [0, 0.1) is 17.2 Å². The monoisotopic (exact) mass is 264 g/mol. The summed E-state index contributed by atoms with van der Waals surface area (Å²) >= 11 is 1.45. The first-order chi connectivity index (χ1) is 8.74. The van der Waals surface area contributed by atoms with E-state index in [0.29, 0.717) is 18.7 Å². The van der Waals surface area contributed by atoms with Gasteiger partial charge in [0.25, 0.3) is 5.91 Å². The molecule has 0 bridgehead atoms. The molecule has 1 saturated carbocycles. The Bertz CT molecular complexity index is 465. The Kier molecular flexibility index (Phi) is 4.28. The van der Waals surface area contributed by atoms with Gasteiger partial charge in [0, 0.05) is 17.8 Å². The maximum Gasteiger partial charge on any atom is 0.271 e. The predicted octanol–water partition coefficient (Wildman–Crippen LogP) is 1.07. The van der Waals surface area contributed by atoms with Crippen molar-refractivity contribution in [2.24, 2.45) is 11.7 Å². The number of rotatable bonds is 4. The molecule has 18 heavy (non-hydrogen) atoms. The molecule has 0 radical (unpaired) electrons. The number of carbonyl (C=O) groups is 1. The van der Waals surface area contributed by atoms with Gasteiger partial charge in [0.05, 0.1) is 17.0 Å². The molecule has 1 amide bonds. The summed E-state index contributed by atoms with van der Waals surface area (Å²) < 4.78 is 0. The van der Waals surface area contributed by atoms with E-state index in [1.807, 2.05) is 0 Å². The van der Waals surface area contributed by atoms with Crippen molar-refractivity contribution in [3.63, 3.8) is 0 Å². The zero-order valence-electron chi connectivity index (χ0n) is 10.1. The number of aromatic nitrogens is 1. The van der Waals surface area contributed by atoms with Crippen LogP contribution in [-0.4, -0.2) is 23.5 Å². The maximum absolute atomic E-state index is 12.0. The zero-order valence-corrected chi connectivity index (χ0v) is 10.9. The average Bonchev–Trinajstić information content (AvgIpc) is 2.98. The second kappa shape index (κ2) is 5.94. The minimum atomic E-state index is -0.179. The van der Waals surface area contributed by atoms with Gasteiger partial charge in [-0.3, -0.25) is 4.79 Å². The summed E-state index contributed by atoms with van der Waals surface area (Å²) in [6.45, 7) is 0.535. The lowest BCUT2D eigenvalue weighted by molar-refractivity contribution is 0.0928. The van der Waals surface area contributed by atoms with Crippen LogP contribution in [-0.2, 0) is 6.42 Å². The van der Waals surface area contributed by atoms with E-state index < -0.39 is 0 Å². The van der Waals surface area contributed by atoms with Gasteiger partial charge in [-0.15, -0.1) is 11.3 Å². The van der Waals surface area contributed by atoms with Crippen molar-refractivity contribution < 1.29 is 4.79 Å². The predicted molar refractivity (Wildman–Crippen MR) is 69.1 cm³/mol. The van der Waals surface area contributed by atoms with Crippen molar-refractivity contribution in [3.05, 3.63) is 16.1 Å². The molecule has 5 nitrogen and oxygen atoms in total. The Labute approximate surface area is 110 Å². The molecule has 1 heterocycles. The largest absolute Gasteiger partial charge is 0.347 e. The Balaban J connectivity index is 1.96. The molecule has 0 spiro atoms. The second-order valence-corrected chi connectivity index (χ2v) is 5.35. The molecule has 6 heteroatoms. The van der Waals surface area contributed by atoms with Crippen LogP contribution in [0.25, 0.3) is 0 Å². The Morgan fingerprint density at radius 3 is 3.22 bits per heavy atom. The van der Waals surface area contributed by atoms with Crippen LogP contribution < -0.4 is 11.1 Å². The lowest BCUT2D eigenvalue weighted by Crippen LogP contribution is -2.37. The van der Waals surface area contributed by atoms with Gasteiger partial charge in [-0.25, -0.2) is 4.98 Å². The molecule has 1 aromatic heterocycles. The van der Waals surface area contributed by atoms with Gasteiger partial charge in [0.1, 0.15) is 5.69 Å². The molecular formula is C12H16N4OS. The number of hydrogen-bond donors (Lipinski definition) is 2. The van der Waals surface area contributed by atoms with Gasteiger partial charge in [-0.05, 0) is 25.8 Å². The number of nitrogens with two attached hydrogens (primary N) is 1. The Morgan fingerprint density at radius 2 is 2.50 bits per heavy atom. The van der Waals surface area contributed by atoms with Crippen LogP contribution in [0.3, 0.4) is 0 Å². The molecule has 3 N–H and O–H groups in total. The molecule has 1 aromatic rings. The van der Waals surface area contributed by atoms with Gasteiger partial charge in [-0.2, -0.15) is 5.26 Å². The number of nitrogens with zero attached hydrogens (tertiary/aromatic N) is 2. The molecule has 0 aliphatic heterocycles. The smallest absolute Gasteiger partial charge is 0.271 e. The summed E-state index contributed by atoms with van der Waals surface area (Å²) in [6.07, 6.45) is 3.45. The van der Waals surface area contributed by atoms with Crippen LogP contribution in [0.5, 0.6) is 0 Å². The zero-order chi connectivity index (χ0) is 13.0. The normalized spacial score (nSPS) is 22.7. The fraction of sp³-hybridized carbons (Fsp3) is 0.583. The van der Waals surface area contributed by atoms with Crippen LogP contribution >= 0.6 is 11.3 Å². The van der Waals surface area contributed by atoms with Crippen LogP contribution in [0.1, 0.15) is 34.8 Å². The summed E-state index contributed by atoms with van der Waals surface area (Å²) in [5.41, 5.74) is 5.88. The van der Waals surface area contributed by atoms with E-state index in [1.165, 1.54) is 11.3 Å². The molecule has 1 fully saturated rings. The van der Waals surface area contributed by atoms with Gasteiger partial charge < -0.3 is 11.1 Å². The Morgan fingerprint density at radius 1 is 1.67 bits per heavy atom. The van der Waals surface area contributed by atoms with E-state index >= 15 is 0 Å². The van der Waals surface area contributed by atoms with E-state index in [1.54, 1.807) is 5.38 Å². The van der Waals surface area contributed by atoms with E-state index in [0.717, 1.165) is 24.3 Å². The molecule has 2 atom stereocenters. The molecule has 2 rings (SSSR count). The molecule has 0 aromatic carbocycles. The van der Waals surface area contributed by atoms with Crippen LogP contribution in [0.15, 0.2) is 5.38 Å². The van der Waals surface area contributed by atoms with Crippen molar-refractivity contribution in [2.45, 2.75) is 31.7 Å². The SMILES string of the molecule is N#CC1CCCC1NC(=O)c1csc(CCN)n1. The quantitative estimate of drug-likeness (QED) is 0.850. The first kappa shape index (κ1) is 13.0. The summed E-state index contributed by atoms with van der Waals surface area (Å²) in [6, 6.07) is 2.22. The molecule has 2 unspecified atom stereocenters. The number of thiazole rings is 1. The van der Waals surface area contributed by atoms with Crippen molar-refractivity contribution in [1.82, 2.24) is 10.3 Å².